The third-order valence-electron chi connectivity index (χ3n) is 9.20. The molecule has 3 aromatic heterocycles. The molecule has 2 aliphatic rings. The Hall–Kier alpha value is -5.33. The number of alkyl halides is 3. The van der Waals surface area contributed by atoms with Gasteiger partial charge in [-0.25, -0.2) is 9.19 Å². The largest absolute Gasteiger partial charge is 0.505 e. The van der Waals surface area contributed by atoms with E-state index in [1.165, 1.54) is 40.3 Å². The van der Waals surface area contributed by atoms with Gasteiger partial charge in [0.05, 0.1) is 39.3 Å². The molecule has 54 heavy (non-hydrogen) atoms. The summed E-state index contributed by atoms with van der Waals surface area (Å²) in [6.45, 7) is 1.54. The van der Waals surface area contributed by atoms with E-state index >= 15 is 0 Å². The number of aromatic hydroxyl groups is 1. The third kappa shape index (κ3) is 6.91. The molecule has 5 heterocycles. The summed E-state index contributed by atoms with van der Waals surface area (Å²) in [5.41, 5.74) is -1.36. The number of carbonyl (C=O) groups is 2. The molecule has 0 unspecified atom stereocenters. The average Bonchev–Trinajstić information content (AvgIpc) is 3.67. The predicted molar refractivity (Wildman–Crippen MR) is 192 cm³/mol. The number of fused-ring (bicyclic) bond motifs is 3. The fourth-order valence-electron chi connectivity index (χ4n) is 6.86. The number of carbonyl (C=O) groups excluding carboxylic acids is 2. The van der Waals surface area contributed by atoms with Gasteiger partial charge in [-0.2, -0.15) is 27.0 Å². The van der Waals surface area contributed by atoms with Crippen molar-refractivity contribution in [3.05, 3.63) is 98.7 Å². The highest BCUT2D eigenvalue weighted by Gasteiger charge is 2.50. The van der Waals surface area contributed by atoms with E-state index < -0.39 is 57.1 Å². The lowest BCUT2D eigenvalue weighted by atomic mass is 9.85. The Morgan fingerprint density at radius 3 is 2.46 bits per heavy atom. The summed E-state index contributed by atoms with van der Waals surface area (Å²) < 4.78 is 65.2. The minimum atomic E-state index is -4.64. The lowest BCUT2D eigenvalue weighted by Crippen LogP contribution is -2.47. The molecule has 2 aromatic carbocycles. The first-order chi connectivity index (χ1) is 25.4. The number of halogens is 4. The van der Waals surface area contributed by atoms with E-state index in [1.807, 2.05) is 0 Å². The number of rotatable bonds is 6. The Morgan fingerprint density at radius 2 is 1.83 bits per heavy atom. The highest BCUT2D eigenvalue weighted by atomic mass is 35.5. The van der Waals surface area contributed by atoms with Gasteiger partial charge in [0.25, 0.3) is 11.5 Å². The Labute approximate surface area is 310 Å². The maximum Gasteiger partial charge on any atom is 0.416 e. The van der Waals surface area contributed by atoms with Crippen LogP contribution in [0.4, 0.5) is 24.5 Å². The number of anilines is 1. The number of hydrogen-bond donors (Lipinski definition) is 2. The normalized spacial score (nSPS) is 16.8. The number of pyridine rings is 1. The zero-order valence-electron chi connectivity index (χ0n) is 28.9. The molecule has 2 N–H and O–H groups in total. The van der Waals surface area contributed by atoms with E-state index in [4.69, 9.17) is 16.3 Å². The van der Waals surface area contributed by atoms with Crippen LogP contribution in [0.3, 0.4) is 0 Å². The molecule has 1 spiro atoms. The number of aromatic nitrogens is 5. The van der Waals surface area contributed by atoms with Gasteiger partial charge in [0.1, 0.15) is 17.9 Å². The summed E-state index contributed by atoms with van der Waals surface area (Å²) in [5, 5.41) is 17.0. The van der Waals surface area contributed by atoms with Crippen molar-refractivity contribution in [2.24, 2.45) is 4.36 Å². The van der Waals surface area contributed by atoms with E-state index in [2.05, 4.69) is 24.7 Å². The monoisotopic (exact) mass is 784 g/mol. The van der Waals surface area contributed by atoms with Crippen LogP contribution in [-0.2, 0) is 37.6 Å². The first-order valence-corrected chi connectivity index (χ1v) is 19.2. The topological polar surface area (TPSA) is 173 Å². The molecule has 0 saturated carbocycles. The number of amides is 2. The van der Waals surface area contributed by atoms with Crippen LogP contribution in [0.5, 0.6) is 5.75 Å². The van der Waals surface area contributed by atoms with Crippen LogP contribution in [0.15, 0.2) is 70.0 Å². The fraction of sp³-hybridized carbons (Fsp3) is 0.314. The van der Waals surface area contributed by atoms with Gasteiger partial charge >= 0.3 is 6.18 Å². The van der Waals surface area contributed by atoms with Gasteiger partial charge in [0, 0.05) is 47.1 Å². The molecule has 282 valence electrons. The number of nitrogens with one attached hydrogen (secondary N) is 1. The van der Waals surface area contributed by atoms with Gasteiger partial charge in [-0.15, -0.1) is 5.10 Å². The smallest absolute Gasteiger partial charge is 0.416 e. The molecule has 5 aromatic rings. The highest BCUT2D eigenvalue weighted by Crippen LogP contribution is 2.48. The molecular weight excluding hydrogens is 753 g/mol. The summed E-state index contributed by atoms with van der Waals surface area (Å²) >= 11 is 6.13. The van der Waals surface area contributed by atoms with Crippen LogP contribution < -0.4 is 10.9 Å². The van der Waals surface area contributed by atoms with Crippen LogP contribution >= 0.6 is 11.6 Å². The lowest BCUT2D eigenvalue weighted by Gasteiger charge is -2.39. The minimum absolute atomic E-state index is 0.00735. The Bertz CT molecular complexity index is 2520. The molecule has 0 bridgehead atoms. The summed E-state index contributed by atoms with van der Waals surface area (Å²) in [4.78, 5) is 51.5. The summed E-state index contributed by atoms with van der Waals surface area (Å²) in [6, 6.07) is 12.0. The van der Waals surface area contributed by atoms with Gasteiger partial charge < -0.3 is 24.6 Å². The number of nitrogens with zero attached hydrogens (tertiary/aromatic N) is 7. The van der Waals surface area contributed by atoms with Gasteiger partial charge in [-0.1, -0.05) is 11.6 Å². The number of piperidine rings is 1. The first-order valence-electron chi connectivity index (χ1n) is 16.5. The lowest BCUT2D eigenvalue weighted by molar-refractivity contribution is -0.137. The zero-order valence-corrected chi connectivity index (χ0v) is 30.5. The van der Waals surface area contributed by atoms with Gasteiger partial charge in [-0.05, 0) is 74.4 Å². The molecule has 1 atom stereocenters. The molecule has 2 amide bonds. The van der Waals surface area contributed by atoms with Crippen molar-refractivity contribution in [3.63, 3.8) is 0 Å². The Morgan fingerprint density at radius 1 is 1.13 bits per heavy atom. The van der Waals surface area contributed by atoms with Gasteiger partial charge in [-0.3, -0.25) is 14.4 Å². The standard InChI is InChI=1S/C35H32ClF3N8O6S/c1-19-29-27(34(53-19)12-15-45(16-13-34)32(51)28-25(48)5-4-14-40-28)31(50)47-33(42-30(43-47)20-6-9-22(10-7-20)44-54(2,3)52)46(29)18-26(49)41-24-11-8-21(17-23(24)36)35(37,38)39/h4-11,14,17,19,48H,12-13,15-16,18H2,1-3H3,(H,41,49)/t19-/m1/s1. The van der Waals surface area contributed by atoms with E-state index in [0.29, 0.717) is 23.0 Å². The maximum atomic E-state index is 14.4. The van der Waals surface area contributed by atoms with Crippen molar-refractivity contribution in [1.29, 1.82) is 0 Å². The number of benzene rings is 2. The summed E-state index contributed by atoms with van der Waals surface area (Å²) in [6.07, 6.45) is -0.616. The summed E-state index contributed by atoms with van der Waals surface area (Å²) in [5.74, 6) is -1.31. The molecule has 7 rings (SSSR count). The maximum absolute atomic E-state index is 14.4. The quantitative estimate of drug-likeness (QED) is 0.224. The van der Waals surface area contributed by atoms with Crippen molar-refractivity contribution in [3.8, 4) is 17.1 Å². The van der Waals surface area contributed by atoms with Crippen molar-refractivity contribution in [2.75, 3.05) is 30.9 Å². The number of ether oxygens (including phenoxy) is 1. The number of hydrogen-bond acceptors (Lipinski definition) is 10. The van der Waals surface area contributed by atoms with E-state index in [9.17, 15) is 36.9 Å². The summed E-state index contributed by atoms with van der Waals surface area (Å²) in [7, 11) is -2.43. The molecule has 0 radical (unpaired) electrons. The molecule has 19 heteroatoms. The second-order valence-corrected chi connectivity index (χ2v) is 16.2. The number of likely N-dealkylation sites (tertiary alicyclic amines) is 1. The Kier molecular flexibility index (Phi) is 9.26. The Balaban J connectivity index is 1.29. The molecular formula is C35H32ClF3N8O6S. The highest BCUT2D eigenvalue weighted by molar-refractivity contribution is 7.92. The third-order valence-corrected chi connectivity index (χ3v) is 10.2. The molecule has 1 saturated heterocycles. The average molecular weight is 785 g/mol. The van der Waals surface area contributed by atoms with Gasteiger partial charge in [0.2, 0.25) is 11.7 Å². The van der Waals surface area contributed by atoms with Crippen LogP contribution in [-0.4, -0.2) is 75.8 Å². The second-order valence-electron chi connectivity index (χ2n) is 13.3. The second kappa shape index (κ2) is 13.5. The van der Waals surface area contributed by atoms with Crippen molar-refractivity contribution in [2.45, 2.75) is 44.2 Å². The first kappa shape index (κ1) is 37.0. The van der Waals surface area contributed by atoms with Crippen LogP contribution in [0.2, 0.25) is 5.02 Å². The van der Waals surface area contributed by atoms with E-state index in [1.54, 1.807) is 31.2 Å². The molecule has 1 fully saturated rings. The van der Waals surface area contributed by atoms with Crippen molar-refractivity contribution < 1.29 is 36.8 Å². The fourth-order valence-corrected chi connectivity index (χ4v) is 7.71. The van der Waals surface area contributed by atoms with E-state index in [0.717, 1.165) is 16.6 Å². The minimum Gasteiger partial charge on any atom is -0.505 e. The molecule has 14 nitrogen and oxygen atoms in total. The van der Waals surface area contributed by atoms with Crippen LogP contribution in [0.1, 0.15) is 53.2 Å². The van der Waals surface area contributed by atoms with Gasteiger partial charge in [0.15, 0.2) is 11.5 Å². The van der Waals surface area contributed by atoms with E-state index in [-0.39, 0.29) is 65.3 Å². The predicted octanol–water partition coefficient (Wildman–Crippen LogP) is 5.55. The molecule has 2 aliphatic heterocycles. The van der Waals surface area contributed by atoms with Crippen LogP contribution in [0, 0.1) is 0 Å². The van der Waals surface area contributed by atoms with Crippen molar-refractivity contribution in [1.82, 2.24) is 29.0 Å². The van der Waals surface area contributed by atoms with Crippen molar-refractivity contribution >= 4 is 50.3 Å². The zero-order chi connectivity index (χ0) is 38.7. The molecule has 0 aliphatic carbocycles. The van der Waals surface area contributed by atoms with Crippen LogP contribution in [0.25, 0.3) is 17.2 Å². The SMILES string of the molecule is C[C@H]1OC2(CCN(C(=O)c3ncccc3O)CC2)c2c1n(CC(=O)Nc1ccc(C(F)(F)F)cc1Cl)c1nc(-c3ccc(N=S(C)(C)=O)cc3)nn1c2=O.